The molecule has 0 spiro atoms. The van der Waals surface area contributed by atoms with Crippen LogP contribution in [0, 0.1) is 0 Å². The van der Waals surface area contributed by atoms with Gasteiger partial charge in [0.05, 0.1) is 0 Å². The van der Waals surface area contributed by atoms with Crippen molar-refractivity contribution < 1.29 is 4.43 Å². The third-order valence-electron chi connectivity index (χ3n) is 1.83. The van der Waals surface area contributed by atoms with Crippen molar-refractivity contribution in [1.29, 1.82) is 0 Å². The van der Waals surface area contributed by atoms with Gasteiger partial charge < -0.3 is 10.2 Å². The van der Waals surface area contributed by atoms with E-state index in [1.54, 1.807) is 0 Å². The fourth-order valence-electron chi connectivity index (χ4n) is 1.27. The zero-order valence-corrected chi connectivity index (χ0v) is 11.2. The highest BCUT2D eigenvalue weighted by atomic mass is 32.1. The van der Waals surface area contributed by atoms with E-state index >= 15 is 0 Å². The molecule has 0 heterocycles. The van der Waals surface area contributed by atoms with Crippen molar-refractivity contribution in [1.82, 2.24) is 0 Å². The third-order valence-corrected chi connectivity index (χ3v) is 2.99. The number of nitrogens with two attached hydrogens (primary N) is 1. The smallest absolute Gasteiger partial charge is 0.185 e. The number of hydrogen-bond acceptors (Lipinski definition) is 2. The molecule has 0 radical (unpaired) electrons. The van der Waals surface area contributed by atoms with E-state index in [9.17, 15) is 0 Å². The first kappa shape index (κ1) is 12.4. The molecule has 4 heteroatoms. The van der Waals surface area contributed by atoms with Crippen LogP contribution in [0.1, 0.15) is 11.7 Å². The molecule has 1 aromatic rings. The maximum Gasteiger partial charge on any atom is 0.185 e. The topological polar surface area (TPSA) is 35.2 Å². The van der Waals surface area contributed by atoms with Crippen LogP contribution < -0.4 is 5.73 Å². The Morgan fingerprint density at radius 3 is 2.20 bits per heavy atom. The van der Waals surface area contributed by atoms with Gasteiger partial charge in [0, 0.05) is 0 Å². The lowest BCUT2D eigenvalue weighted by atomic mass is 10.1. The summed E-state index contributed by atoms with van der Waals surface area (Å²) in [5.74, 6) is 0. The highest BCUT2D eigenvalue weighted by Crippen LogP contribution is 2.22. The van der Waals surface area contributed by atoms with E-state index in [-0.39, 0.29) is 6.10 Å². The fourth-order valence-corrected chi connectivity index (χ4v) is 2.51. The van der Waals surface area contributed by atoms with E-state index in [2.05, 4.69) is 19.6 Å². The van der Waals surface area contributed by atoms with Crippen molar-refractivity contribution in [3.63, 3.8) is 0 Å². The monoisotopic (exact) mass is 239 g/mol. The van der Waals surface area contributed by atoms with Gasteiger partial charge in [0.25, 0.3) is 0 Å². The Kier molecular flexibility index (Phi) is 4.02. The van der Waals surface area contributed by atoms with Crippen LogP contribution in [0.5, 0.6) is 0 Å². The Hall–Kier alpha value is -0.713. The Morgan fingerprint density at radius 2 is 1.80 bits per heavy atom. The summed E-state index contributed by atoms with van der Waals surface area (Å²) in [5, 5.41) is 0. The molecule has 2 nitrogen and oxygen atoms in total. The normalized spacial score (nSPS) is 13.5. The van der Waals surface area contributed by atoms with Crippen molar-refractivity contribution in [3.05, 3.63) is 35.9 Å². The maximum atomic E-state index is 5.96. The van der Waals surface area contributed by atoms with E-state index in [1.807, 2.05) is 30.3 Å². The number of benzene rings is 1. The van der Waals surface area contributed by atoms with Gasteiger partial charge in [-0.05, 0) is 25.2 Å². The summed E-state index contributed by atoms with van der Waals surface area (Å²) < 4.78 is 5.96. The van der Waals surface area contributed by atoms with Gasteiger partial charge in [-0.3, -0.25) is 0 Å². The first-order valence-electron chi connectivity index (χ1n) is 4.92. The number of hydrogen-bond donors (Lipinski definition) is 1. The quantitative estimate of drug-likeness (QED) is 0.648. The molecular formula is C11H17NOSSi. The van der Waals surface area contributed by atoms with Gasteiger partial charge in [0.1, 0.15) is 11.1 Å². The van der Waals surface area contributed by atoms with E-state index in [4.69, 9.17) is 22.4 Å². The number of thiocarbonyl (C=S) groups is 1. The van der Waals surface area contributed by atoms with Crippen LogP contribution in [-0.2, 0) is 4.43 Å². The molecule has 2 N–H and O–H groups in total. The van der Waals surface area contributed by atoms with Crippen molar-refractivity contribution >= 4 is 25.5 Å². The largest absolute Gasteiger partial charge is 0.404 e. The molecule has 0 bridgehead atoms. The minimum Gasteiger partial charge on any atom is -0.404 e. The van der Waals surface area contributed by atoms with Gasteiger partial charge in [0.15, 0.2) is 8.32 Å². The summed E-state index contributed by atoms with van der Waals surface area (Å²) in [6, 6.07) is 9.88. The minimum atomic E-state index is -1.63. The second-order valence-corrected chi connectivity index (χ2v) is 9.36. The lowest BCUT2D eigenvalue weighted by molar-refractivity contribution is 0.267. The van der Waals surface area contributed by atoms with Crippen LogP contribution in [0.15, 0.2) is 30.3 Å². The summed E-state index contributed by atoms with van der Waals surface area (Å²) in [6.07, 6.45) is -0.243. The van der Waals surface area contributed by atoms with Gasteiger partial charge in [-0.2, -0.15) is 0 Å². The highest BCUT2D eigenvalue weighted by Gasteiger charge is 2.24. The van der Waals surface area contributed by atoms with Gasteiger partial charge in [0.2, 0.25) is 0 Å². The standard InChI is InChI=1S/C11H17NOSSi/c1-15(2,3)13-10(11(12)14)9-7-5-4-6-8-9/h4-8,10H,1-3H3,(H2,12,14). The van der Waals surface area contributed by atoms with Crippen molar-refractivity contribution in [2.24, 2.45) is 5.73 Å². The molecule has 0 amide bonds. The fraction of sp³-hybridized carbons (Fsp3) is 0.364. The highest BCUT2D eigenvalue weighted by molar-refractivity contribution is 7.80. The molecule has 15 heavy (non-hydrogen) atoms. The lowest BCUT2D eigenvalue weighted by Gasteiger charge is -2.25. The minimum absolute atomic E-state index is 0.243. The molecule has 0 aliphatic rings. The van der Waals surface area contributed by atoms with Crippen LogP contribution in [0.25, 0.3) is 0 Å². The molecule has 1 rings (SSSR count). The van der Waals surface area contributed by atoms with E-state index < -0.39 is 8.32 Å². The van der Waals surface area contributed by atoms with E-state index in [0.717, 1.165) is 5.56 Å². The second kappa shape index (κ2) is 4.87. The molecule has 0 saturated heterocycles. The molecular weight excluding hydrogens is 222 g/mol. The molecule has 0 aliphatic heterocycles. The van der Waals surface area contributed by atoms with Gasteiger partial charge in [-0.25, -0.2) is 0 Å². The molecule has 0 saturated carbocycles. The average Bonchev–Trinajstić information content (AvgIpc) is 2.14. The summed E-state index contributed by atoms with van der Waals surface area (Å²) in [5.41, 5.74) is 6.74. The summed E-state index contributed by atoms with van der Waals surface area (Å²) in [6.45, 7) is 6.38. The summed E-state index contributed by atoms with van der Waals surface area (Å²) >= 11 is 5.04. The molecule has 0 fully saturated rings. The van der Waals surface area contributed by atoms with Crippen molar-refractivity contribution in [3.8, 4) is 0 Å². The molecule has 1 atom stereocenters. The van der Waals surface area contributed by atoms with Crippen molar-refractivity contribution in [2.75, 3.05) is 0 Å². The Morgan fingerprint density at radius 1 is 1.27 bits per heavy atom. The maximum absolute atomic E-state index is 5.96. The zero-order chi connectivity index (χ0) is 11.5. The number of rotatable bonds is 4. The summed E-state index contributed by atoms with van der Waals surface area (Å²) in [4.78, 5) is 0.406. The van der Waals surface area contributed by atoms with E-state index in [0.29, 0.717) is 4.99 Å². The third kappa shape index (κ3) is 4.11. The van der Waals surface area contributed by atoms with Crippen LogP contribution in [0.3, 0.4) is 0 Å². The van der Waals surface area contributed by atoms with Gasteiger partial charge in [-0.15, -0.1) is 0 Å². The van der Waals surface area contributed by atoms with E-state index in [1.165, 1.54) is 0 Å². The van der Waals surface area contributed by atoms with Crippen molar-refractivity contribution in [2.45, 2.75) is 25.7 Å². The lowest BCUT2D eigenvalue weighted by Crippen LogP contribution is -2.33. The summed E-state index contributed by atoms with van der Waals surface area (Å²) in [7, 11) is -1.63. The molecule has 1 aromatic carbocycles. The predicted molar refractivity (Wildman–Crippen MR) is 70.4 cm³/mol. The SMILES string of the molecule is C[Si](C)(C)OC(C(N)=S)c1ccccc1. The first-order chi connectivity index (χ1) is 6.90. The van der Waals surface area contributed by atoms with Crippen LogP contribution in [0.2, 0.25) is 19.6 Å². The zero-order valence-electron chi connectivity index (χ0n) is 9.36. The molecule has 82 valence electrons. The van der Waals surface area contributed by atoms with Crippen LogP contribution in [-0.4, -0.2) is 13.3 Å². The van der Waals surface area contributed by atoms with Crippen LogP contribution >= 0.6 is 12.2 Å². The van der Waals surface area contributed by atoms with Gasteiger partial charge >= 0.3 is 0 Å². The van der Waals surface area contributed by atoms with Crippen LogP contribution in [0.4, 0.5) is 0 Å². The molecule has 1 unspecified atom stereocenters. The average molecular weight is 239 g/mol. The van der Waals surface area contributed by atoms with Gasteiger partial charge in [-0.1, -0.05) is 42.5 Å². The molecule has 0 aliphatic carbocycles. The second-order valence-electron chi connectivity index (χ2n) is 4.42. The Balaban J connectivity index is 2.90. The predicted octanol–water partition coefficient (Wildman–Crippen LogP) is 2.87. The Labute approximate surface area is 97.6 Å². The Bertz CT molecular complexity index is 334. The first-order valence-corrected chi connectivity index (χ1v) is 8.74. The molecule has 0 aromatic heterocycles.